The van der Waals surface area contributed by atoms with E-state index in [1.807, 2.05) is 30.3 Å². The summed E-state index contributed by atoms with van der Waals surface area (Å²) in [6, 6.07) is 9.42. The number of hydrogen-bond acceptors (Lipinski definition) is 8. The van der Waals surface area contributed by atoms with Gasteiger partial charge in [0.1, 0.15) is 24.1 Å². The summed E-state index contributed by atoms with van der Waals surface area (Å²) in [6.45, 7) is -0.467. The lowest BCUT2D eigenvalue weighted by Gasteiger charge is -2.19. The first-order valence-corrected chi connectivity index (χ1v) is 8.42. The Bertz CT molecular complexity index is 1020. The molecule has 4 atom stereocenters. The van der Waals surface area contributed by atoms with Gasteiger partial charge in [0.2, 0.25) is 5.95 Å². The molecule has 0 spiro atoms. The SMILES string of the molecule is Nc1nc2c(nc(Cc3ccccc3)n2[C@@H]2O[C@H](CO)[C@@H](O)[C@H]2O)c(=O)[nH]1. The second-order valence-electron chi connectivity index (χ2n) is 6.41. The van der Waals surface area contributed by atoms with Crippen LogP contribution in [-0.2, 0) is 11.2 Å². The molecule has 1 aliphatic heterocycles. The van der Waals surface area contributed by atoms with Crippen molar-refractivity contribution in [2.45, 2.75) is 31.0 Å². The quantitative estimate of drug-likeness (QED) is 0.385. The fourth-order valence-corrected chi connectivity index (χ4v) is 3.31. The second-order valence-corrected chi connectivity index (χ2v) is 6.41. The number of nitrogens with one attached hydrogen (secondary N) is 1. The number of ether oxygens (including phenoxy) is 1. The number of nitrogens with two attached hydrogens (primary N) is 1. The fourth-order valence-electron chi connectivity index (χ4n) is 3.31. The number of aromatic nitrogens is 4. The highest BCUT2D eigenvalue weighted by Crippen LogP contribution is 2.33. The highest BCUT2D eigenvalue weighted by molar-refractivity contribution is 5.72. The maximum absolute atomic E-state index is 12.3. The van der Waals surface area contributed by atoms with Gasteiger partial charge in [-0.2, -0.15) is 4.98 Å². The zero-order valence-corrected chi connectivity index (χ0v) is 14.2. The number of benzene rings is 1. The van der Waals surface area contributed by atoms with Gasteiger partial charge in [-0.15, -0.1) is 0 Å². The van der Waals surface area contributed by atoms with Gasteiger partial charge >= 0.3 is 0 Å². The van der Waals surface area contributed by atoms with Crippen LogP contribution >= 0.6 is 0 Å². The lowest BCUT2D eigenvalue weighted by atomic mass is 10.1. The molecule has 2 aromatic heterocycles. The molecule has 10 heteroatoms. The summed E-state index contributed by atoms with van der Waals surface area (Å²) in [5, 5.41) is 29.9. The molecule has 1 saturated heterocycles. The van der Waals surface area contributed by atoms with Crippen molar-refractivity contribution in [3.8, 4) is 0 Å². The summed E-state index contributed by atoms with van der Waals surface area (Å²) in [5.41, 5.74) is 6.26. The largest absolute Gasteiger partial charge is 0.394 e. The van der Waals surface area contributed by atoms with Crippen LogP contribution < -0.4 is 11.3 Å². The van der Waals surface area contributed by atoms with Gasteiger partial charge in [0.25, 0.3) is 5.56 Å². The van der Waals surface area contributed by atoms with E-state index in [9.17, 15) is 20.1 Å². The van der Waals surface area contributed by atoms with Crippen LogP contribution in [0, 0.1) is 0 Å². The first-order valence-electron chi connectivity index (χ1n) is 8.42. The Morgan fingerprint density at radius 3 is 2.59 bits per heavy atom. The summed E-state index contributed by atoms with van der Waals surface area (Å²) >= 11 is 0. The lowest BCUT2D eigenvalue weighted by molar-refractivity contribution is -0.0521. The zero-order chi connectivity index (χ0) is 19.1. The van der Waals surface area contributed by atoms with Gasteiger partial charge in [-0.3, -0.25) is 14.3 Å². The second kappa shape index (κ2) is 6.74. The monoisotopic (exact) mass is 373 g/mol. The van der Waals surface area contributed by atoms with E-state index in [4.69, 9.17) is 10.5 Å². The van der Waals surface area contributed by atoms with Crippen LogP contribution in [-0.4, -0.2) is 59.8 Å². The van der Waals surface area contributed by atoms with Crippen molar-refractivity contribution in [1.29, 1.82) is 0 Å². The Balaban J connectivity index is 1.88. The number of nitrogens with zero attached hydrogens (tertiary/aromatic N) is 3. The number of imidazole rings is 1. The Hall–Kier alpha value is -2.79. The molecule has 0 saturated carbocycles. The molecule has 3 aromatic rings. The van der Waals surface area contributed by atoms with Crippen LogP contribution in [0.2, 0.25) is 0 Å². The van der Waals surface area contributed by atoms with E-state index in [1.54, 1.807) is 0 Å². The van der Waals surface area contributed by atoms with E-state index in [0.29, 0.717) is 12.2 Å². The highest BCUT2D eigenvalue weighted by Gasteiger charge is 2.45. The van der Waals surface area contributed by atoms with Gasteiger partial charge in [0.05, 0.1) is 6.61 Å². The summed E-state index contributed by atoms with van der Waals surface area (Å²) in [7, 11) is 0. The normalized spacial score (nSPS) is 25.3. The zero-order valence-electron chi connectivity index (χ0n) is 14.2. The van der Waals surface area contributed by atoms with Crippen molar-refractivity contribution >= 4 is 17.1 Å². The molecule has 10 nitrogen and oxygen atoms in total. The van der Waals surface area contributed by atoms with Crippen LogP contribution in [0.15, 0.2) is 35.1 Å². The van der Waals surface area contributed by atoms with E-state index in [0.717, 1.165) is 5.56 Å². The van der Waals surface area contributed by atoms with Gasteiger partial charge in [-0.1, -0.05) is 30.3 Å². The number of H-pyrrole nitrogens is 1. The molecule has 142 valence electrons. The molecule has 0 aliphatic carbocycles. The van der Waals surface area contributed by atoms with Crippen molar-refractivity contribution in [2.75, 3.05) is 12.3 Å². The minimum absolute atomic E-state index is 0.0490. The number of aliphatic hydroxyl groups is 3. The molecule has 3 heterocycles. The van der Waals surface area contributed by atoms with E-state index in [1.165, 1.54) is 4.57 Å². The average Bonchev–Trinajstić information content (AvgIpc) is 3.14. The molecule has 1 fully saturated rings. The van der Waals surface area contributed by atoms with Crippen LogP contribution in [0.25, 0.3) is 11.2 Å². The van der Waals surface area contributed by atoms with Crippen molar-refractivity contribution in [3.63, 3.8) is 0 Å². The standard InChI is InChI=1S/C17H19N5O5/c18-17-20-14-11(15(26)21-17)19-10(6-8-4-2-1-3-5-8)22(14)16-13(25)12(24)9(7-23)27-16/h1-5,9,12-13,16,23-25H,6-7H2,(H3,18,20,21,26)/t9-,12-,13-,16-/m1/s1. The average molecular weight is 373 g/mol. The third-order valence-corrected chi connectivity index (χ3v) is 4.62. The van der Waals surface area contributed by atoms with Gasteiger partial charge < -0.3 is 25.8 Å². The number of hydrogen-bond donors (Lipinski definition) is 5. The Kier molecular flexibility index (Phi) is 4.40. The highest BCUT2D eigenvalue weighted by atomic mass is 16.6. The predicted molar refractivity (Wildman–Crippen MR) is 94.8 cm³/mol. The Labute approximate surface area is 152 Å². The van der Waals surface area contributed by atoms with E-state index >= 15 is 0 Å². The predicted octanol–water partition coefficient (Wildman–Crippen LogP) is -1.10. The van der Waals surface area contributed by atoms with Gasteiger partial charge in [-0.25, -0.2) is 4.98 Å². The first kappa shape index (κ1) is 17.6. The van der Waals surface area contributed by atoms with Crippen LogP contribution in [0.4, 0.5) is 5.95 Å². The Morgan fingerprint density at radius 2 is 1.93 bits per heavy atom. The summed E-state index contributed by atoms with van der Waals surface area (Å²) < 4.78 is 7.08. The summed E-state index contributed by atoms with van der Waals surface area (Å²) in [6.07, 6.45) is -4.33. The number of rotatable bonds is 4. The van der Waals surface area contributed by atoms with Crippen molar-refractivity contribution in [3.05, 3.63) is 52.1 Å². The summed E-state index contributed by atoms with van der Waals surface area (Å²) in [4.78, 5) is 23.2. The lowest BCUT2D eigenvalue weighted by Crippen LogP contribution is -2.33. The molecule has 1 aliphatic rings. The maximum atomic E-state index is 12.3. The molecule has 27 heavy (non-hydrogen) atoms. The number of aliphatic hydroxyl groups excluding tert-OH is 3. The fraction of sp³-hybridized carbons (Fsp3) is 0.353. The minimum atomic E-state index is -1.34. The molecule has 0 bridgehead atoms. The Morgan fingerprint density at radius 1 is 1.19 bits per heavy atom. The van der Waals surface area contributed by atoms with Crippen molar-refractivity contribution in [2.24, 2.45) is 0 Å². The topological polar surface area (TPSA) is 160 Å². The third kappa shape index (κ3) is 2.98. The van der Waals surface area contributed by atoms with Crippen molar-refractivity contribution in [1.82, 2.24) is 19.5 Å². The van der Waals surface area contributed by atoms with Crippen molar-refractivity contribution < 1.29 is 20.1 Å². The third-order valence-electron chi connectivity index (χ3n) is 4.62. The molecule has 4 rings (SSSR count). The smallest absolute Gasteiger partial charge is 0.280 e. The van der Waals surface area contributed by atoms with E-state index in [-0.39, 0.29) is 17.1 Å². The maximum Gasteiger partial charge on any atom is 0.280 e. The van der Waals surface area contributed by atoms with Crippen LogP contribution in [0.3, 0.4) is 0 Å². The molecule has 0 radical (unpaired) electrons. The first-order chi connectivity index (χ1) is 13.0. The number of nitrogen functional groups attached to an aromatic ring is 1. The molecule has 1 aromatic carbocycles. The number of aromatic amines is 1. The molecule has 0 unspecified atom stereocenters. The van der Waals surface area contributed by atoms with E-state index < -0.39 is 36.7 Å². The minimum Gasteiger partial charge on any atom is -0.394 e. The van der Waals surface area contributed by atoms with Crippen LogP contribution in [0.1, 0.15) is 17.6 Å². The summed E-state index contributed by atoms with van der Waals surface area (Å²) in [5.74, 6) is 0.307. The van der Waals surface area contributed by atoms with Gasteiger partial charge in [-0.05, 0) is 5.56 Å². The molecule has 6 N–H and O–H groups in total. The van der Waals surface area contributed by atoms with E-state index in [2.05, 4.69) is 15.0 Å². The number of anilines is 1. The number of fused-ring (bicyclic) bond motifs is 1. The van der Waals surface area contributed by atoms with Crippen LogP contribution in [0.5, 0.6) is 0 Å². The van der Waals surface area contributed by atoms with Gasteiger partial charge in [0.15, 0.2) is 17.4 Å². The molecule has 0 amide bonds. The molecular formula is C17H19N5O5. The van der Waals surface area contributed by atoms with Gasteiger partial charge in [0, 0.05) is 6.42 Å². The molecular weight excluding hydrogens is 354 g/mol.